The molecule has 1 aliphatic carbocycles. The van der Waals surface area contributed by atoms with Crippen LogP contribution in [0.25, 0.3) is 11.1 Å². The highest BCUT2D eigenvalue weighted by Gasteiger charge is 2.37. The summed E-state index contributed by atoms with van der Waals surface area (Å²) in [5.74, 6) is -0.720. The van der Waals surface area contributed by atoms with Crippen molar-refractivity contribution in [1.82, 2.24) is 9.19 Å². The van der Waals surface area contributed by atoms with Crippen molar-refractivity contribution in [3.05, 3.63) is 35.4 Å². The summed E-state index contributed by atoms with van der Waals surface area (Å²) in [5.41, 5.74) is 6.14. The number of rotatable bonds is 3. The van der Waals surface area contributed by atoms with Crippen LogP contribution in [0.1, 0.15) is 12.8 Å². The Morgan fingerprint density at radius 2 is 2.10 bits per heavy atom. The summed E-state index contributed by atoms with van der Waals surface area (Å²) in [6.45, 7) is 0. The zero-order valence-corrected chi connectivity index (χ0v) is 11.8. The first-order valence-electron chi connectivity index (χ1n) is 5.94. The lowest BCUT2D eigenvalue weighted by Gasteiger charge is -2.05. The Labute approximate surface area is 120 Å². The third-order valence-electron chi connectivity index (χ3n) is 3.19. The Bertz CT molecular complexity index is 784. The second-order valence-electron chi connectivity index (χ2n) is 4.68. The monoisotopic (exact) mass is 315 g/mol. The molecule has 3 rings (SSSR count). The van der Waals surface area contributed by atoms with Gasteiger partial charge in [-0.2, -0.15) is 9.19 Å². The van der Waals surface area contributed by atoms with Gasteiger partial charge in [-0.1, -0.05) is 17.7 Å². The van der Waals surface area contributed by atoms with E-state index in [-0.39, 0.29) is 16.0 Å². The van der Waals surface area contributed by atoms with Gasteiger partial charge in [-0.25, -0.2) is 12.8 Å². The number of halogens is 2. The molecule has 106 valence electrons. The number of nitrogens with two attached hydrogens (primary N) is 1. The van der Waals surface area contributed by atoms with Crippen molar-refractivity contribution in [2.75, 3.05) is 5.73 Å². The van der Waals surface area contributed by atoms with Crippen molar-refractivity contribution < 1.29 is 12.8 Å². The van der Waals surface area contributed by atoms with E-state index in [2.05, 4.69) is 5.10 Å². The van der Waals surface area contributed by atoms with Crippen molar-refractivity contribution in [3.63, 3.8) is 0 Å². The van der Waals surface area contributed by atoms with E-state index in [1.54, 1.807) is 0 Å². The highest BCUT2D eigenvalue weighted by molar-refractivity contribution is 7.90. The van der Waals surface area contributed by atoms with E-state index in [0.29, 0.717) is 24.0 Å². The average molecular weight is 316 g/mol. The van der Waals surface area contributed by atoms with E-state index in [1.165, 1.54) is 24.5 Å². The number of benzene rings is 1. The van der Waals surface area contributed by atoms with Crippen molar-refractivity contribution in [2.45, 2.75) is 18.1 Å². The van der Waals surface area contributed by atoms with E-state index in [4.69, 9.17) is 17.3 Å². The van der Waals surface area contributed by atoms with Crippen LogP contribution >= 0.6 is 11.6 Å². The molecule has 1 heterocycles. The molecular formula is C12H11ClFN3O2S. The third-order valence-corrected chi connectivity index (χ3v) is 5.59. The first-order chi connectivity index (χ1) is 9.41. The predicted octanol–water partition coefficient (Wildman–Crippen LogP) is 2.27. The van der Waals surface area contributed by atoms with Crippen molar-refractivity contribution in [2.24, 2.45) is 0 Å². The fraction of sp³-hybridized carbons (Fsp3) is 0.250. The van der Waals surface area contributed by atoms with Crippen LogP contribution in [0, 0.1) is 5.82 Å². The van der Waals surface area contributed by atoms with Crippen molar-refractivity contribution in [3.8, 4) is 11.1 Å². The van der Waals surface area contributed by atoms with Gasteiger partial charge in [0.2, 0.25) is 0 Å². The number of nitrogen functional groups attached to an aromatic ring is 1. The molecular weight excluding hydrogens is 305 g/mol. The van der Waals surface area contributed by atoms with E-state index in [1.807, 2.05) is 0 Å². The van der Waals surface area contributed by atoms with Crippen LogP contribution in [-0.2, 0) is 10.0 Å². The number of hydrogen-bond acceptors (Lipinski definition) is 4. The maximum absolute atomic E-state index is 13.7. The fourth-order valence-corrected chi connectivity index (χ4v) is 3.65. The normalized spacial score (nSPS) is 15.5. The minimum absolute atomic E-state index is 0.0586. The Morgan fingerprint density at radius 3 is 2.75 bits per heavy atom. The minimum atomic E-state index is -3.44. The molecule has 0 atom stereocenters. The van der Waals surface area contributed by atoms with Crippen LogP contribution in [0.2, 0.25) is 5.02 Å². The molecule has 0 saturated heterocycles. The average Bonchev–Trinajstić information content (AvgIpc) is 3.15. The zero-order chi connectivity index (χ0) is 14.5. The lowest BCUT2D eigenvalue weighted by Crippen LogP contribution is -2.17. The fourth-order valence-electron chi connectivity index (χ4n) is 1.89. The standard InChI is InChI=1S/C12H11ClFN3O2S/c13-11-9(3-4-10(15)12(11)14)7-5-16-17(6-7)20(18,19)8-1-2-8/h3-6,8H,1-2,15H2. The third kappa shape index (κ3) is 2.06. The van der Waals surface area contributed by atoms with Crippen LogP contribution < -0.4 is 5.73 Å². The zero-order valence-electron chi connectivity index (χ0n) is 10.3. The molecule has 0 bridgehead atoms. The van der Waals surface area contributed by atoms with Crippen molar-refractivity contribution in [1.29, 1.82) is 0 Å². The van der Waals surface area contributed by atoms with Crippen LogP contribution in [0.5, 0.6) is 0 Å². The summed E-state index contributed by atoms with van der Waals surface area (Å²) in [7, 11) is -3.44. The summed E-state index contributed by atoms with van der Waals surface area (Å²) in [5, 5.41) is 3.32. The molecule has 0 radical (unpaired) electrons. The summed E-state index contributed by atoms with van der Waals surface area (Å²) in [4.78, 5) is 0. The predicted molar refractivity (Wildman–Crippen MR) is 74.4 cm³/mol. The van der Waals surface area contributed by atoms with E-state index >= 15 is 0 Å². The summed E-state index contributed by atoms with van der Waals surface area (Å²) >= 11 is 5.89. The quantitative estimate of drug-likeness (QED) is 0.881. The van der Waals surface area contributed by atoms with Crippen LogP contribution in [0.4, 0.5) is 10.1 Å². The van der Waals surface area contributed by atoms with Crippen LogP contribution in [0.3, 0.4) is 0 Å². The van der Waals surface area contributed by atoms with Gasteiger partial charge in [0, 0.05) is 11.1 Å². The maximum atomic E-state index is 13.7. The second kappa shape index (κ2) is 4.46. The molecule has 0 spiro atoms. The molecule has 1 aromatic heterocycles. The first-order valence-corrected chi connectivity index (χ1v) is 7.82. The summed E-state index contributed by atoms with van der Waals surface area (Å²) in [6, 6.07) is 2.91. The number of hydrogen-bond donors (Lipinski definition) is 1. The van der Waals surface area contributed by atoms with Crippen LogP contribution in [0.15, 0.2) is 24.5 Å². The Hall–Kier alpha value is -1.60. The van der Waals surface area contributed by atoms with Gasteiger partial charge in [0.05, 0.1) is 28.4 Å². The first kappa shape index (κ1) is 13.4. The maximum Gasteiger partial charge on any atom is 0.256 e. The highest BCUT2D eigenvalue weighted by atomic mass is 35.5. The molecule has 2 N–H and O–H groups in total. The number of aromatic nitrogens is 2. The van der Waals surface area contributed by atoms with Gasteiger partial charge >= 0.3 is 0 Å². The van der Waals surface area contributed by atoms with Gasteiger partial charge in [-0.15, -0.1) is 0 Å². The topological polar surface area (TPSA) is 78.0 Å². The Kier molecular flexibility index (Phi) is 2.98. The van der Waals surface area contributed by atoms with Gasteiger partial charge in [0.15, 0.2) is 5.82 Å². The lowest BCUT2D eigenvalue weighted by molar-refractivity contribution is 0.578. The molecule has 1 fully saturated rings. The SMILES string of the molecule is Nc1ccc(-c2cnn(S(=O)(=O)C3CC3)c2)c(Cl)c1F. The highest BCUT2D eigenvalue weighted by Crippen LogP contribution is 2.34. The smallest absolute Gasteiger partial charge is 0.256 e. The van der Waals surface area contributed by atoms with Gasteiger partial charge in [-0.05, 0) is 18.9 Å². The molecule has 2 aromatic rings. The van der Waals surface area contributed by atoms with Gasteiger partial charge in [-0.3, -0.25) is 0 Å². The van der Waals surface area contributed by atoms with Gasteiger partial charge in [0.25, 0.3) is 10.0 Å². The van der Waals surface area contributed by atoms with Gasteiger partial charge in [0.1, 0.15) is 0 Å². The van der Waals surface area contributed by atoms with E-state index < -0.39 is 15.8 Å². The number of anilines is 1. The summed E-state index contributed by atoms with van der Waals surface area (Å²) < 4.78 is 38.6. The molecule has 8 heteroatoms. The largest absolute Gasteiger partial charge is 0.396 e. The molecule has 0 aliphatic heterocycles. The molecule has 5 nitrogen and oxygen atoms in total. The molecule has 0 amide bonds. The van der Waals surface area contributed by atoms with E-state index in [9.17, 15) is 12.8 Å². The Balaban J connectivity index is 2.05. The number of nitrogens with zero attached hydrogens (tertiary/aromatic N) is 2. The van der Waals surface area contributed by atoms with Gasteiger partial charge < -0.3 is 5.73 Å². The van der Waals surface area contributed by atoms with Crippen molar-refractivity contribution >= 4 is 27.3 Å². The van der Waals surface area contributed by atoms with Crippen LogP contribution in [-0.4, -0.2) is 22.9 Å². The minimum Gasteiger partial charge on any atom is -0.396 e. The molecule has 1 saturated carbocycles. The Morgan fingerprint density at radius 1 is 1.40 bits per heavy atom. The lowest BCUT2D eigenvalue weighted by atomic mass is 10.1. The molecule has 0 unspecified atom stereocenters. The van der Waals surface area contributed by atoms with E-state index in [0.717, 1.165) is 4.09 Å². The molecule has 1 aromatic carbocycles. The molecule has 1 aliphatic rings. The molecule has 20 heavy (non-hydrogen) atoms. The second-order valence-corrected chi connectivity index (χ2v) is 7.12. The summed E-state index contributed by atoms with van der Waals surface area (Å²) in [6.07, 6.45) is 3.98.